The van der Waals surface area contributed by atoms with Crippen LogP contribution < -0.4 is 15.5 Å². The van der Waals surface area contributed by atoms with Crippen molar-refractivity contribution in [3.8, 4) is 0 Å². The van der Waals surface area contributed by atoms with Crippen molar-refractivity contribution in [3.63, 3.8) is 0 Å². The molecule has 22 heavy (non-hydrogen) atoms. The SMILES string of the molecule is CCN(c1ccccc1)c1cc(N2CCC[C@H](N)C2)ncn1. The molecule has 5 nitrogen and oxygen atoms in total. The number of hydrogen-bond acceptors (Lipinski definition) is 5. The third-order valence-electron chi connectivity index (χ3n) is 4.08. The first-order valence-corrected chi connectivity index (χ1v) is 7.93. The van der Waals surface area contributed by atoms with Crippen molar-refractivity contribution in [3.05, 3.63) is 42.7 Å². The Labute approximate surface area is 131 Å². The molecule has 2 N–H and O–H groups in total. The molecule has 1 aliphatic heterocycles. The van der Waals surface area contributed by atoms with E-state index in [0.29, 0.717) is 0 Å². The maximum absolute atomic E-state index is 6.08. The van der Waals surface area contributed by atoms with Crippen LogP contribution in [-0.4, -0.2) is 35.6 Å². The van der Waals surface area contributed by atoms with E-state index >= 15 is 0 Å². The van der Waals surface area contributed by atoms with Gasteiger partial charge in [0.2, 0.25) is 0 Å². The Morgan fingerprint density at radius 3 is 2.82 bits per heavy atom. The zero-order valence-electron chi connectivity index (χ0n) is 13.0. The van der Waals surface area contributed by atoms with Crippen molar-refractivity contribution >= 4 is 17.3 Å². The predicted octanol–water partition coefficient (Wildman–Crippen LogP) is 2.56. The van der Waals surface area contributed by atoms with Crippen molar-refractivity contribution < 1.29 is 0 Å². The average Bonchev–Trinajstić information content (AvgIpc) is 2.57. The fourth-order valence-corrected chi connectivity index (χ4v) is 2.96. The van der Waals surface area contributed by atoms with Crippen LogP contribution in [0.2, 0.25) is 0 Å². The van der Waals surface area contributed by atoms with Crippen LogP contribution >= 0.6 is 0 Å². The van der Waals surface area contributed by atoms with E-state index in [1.165, 1.54) is 0 Å². The molecule has 1 aliphatic rings. The molecule has 1 aromatic carbocycles. The number of para-hydroxylation sites is 1. The van der Waals surface area contributed by atoms with Gasteiger partial charge in [0.05, 0.1) is 0 Å². The molecule has 0 aliphatic carbocycles. The normalized spacial score (nSPS) is 18.3. The Morgan fingerprint density at radius 1 is 1.27 bits per heavy atom. The molecule has 5 heteroatoms. The third kappa shape index (κ3) is 3.20. The summed E-state index contributed by atoms with van der Waals surface area (Å²) in [6.07, 6.45) is 3.87. The van der Waals surface area contributed by atoms with Crippen LogP contribution in [0.15, 0.2) is 42.7 Å². The molecule has 2 heterocycles. The van der Waals surface area contributed by atoms with Gasteiger partial charge < -0.3 is 15.5 Å². The molecule has 0 spiro atoms. The number of nitrogens with zero attached hydrogens (tertiary/aromatic N) is 4. The lowest BCUT2D eigenvalue weighted by Gasteiger charge is -2.32. The van der Waals surface area contributed by atoms with E-state index in [1.54, 1.807) is 6.33 Å². The summed E-state index contributed by atoms with van der Waals surface area (Å²) in [7, 11) is 0. The van der Waals surface area contributed by atoms with E-state index in [9.17, 15) is 0 Å². The molecule has 1 aromatic heterocycles. The maximum atomic E-state index is 6.08. The standard InChI is InChI=1S/C17H23N5/c1-2-22(15-8-4-3-5-9-15)17-11-16(19-13-20-17)21-10-6-7-14(18)12-21/h3-5,8-9,11,13-14H,2,6-7,10,12,18H2,1H3/t14-/m0/s1. The summed E-state index contributed by atoms with van der Waals surface area (Å²) < 4.78 is 0. The molecular weight excluding hydrogens is 274 g/mol. The molecule has 1 fully saturated rings. The molecule has 1 atom stereocenters. The van der Waals surface area contributed by atoms with Gasteiger partial charge in [-0.2, -0.15) is 0 Å². The van der Waals surface area contributed by atoms with Crippen LogP contribution in [0, 0.1) is 0 Å². The van der Waals surface area contributed by atoms with E-state index in [-0.39, 0.29) is 6.04 Å². The summed E-state index contributed by atoms with van der Waals surface area (Å²) in [5.74, 6) is 1.90. The summed E-state index contributed by atoms with van der Waals surface area (Å²) in [5.41, 5.74) is 7.23. The lowest BCUT2D eigenvalue weighted by Crippen LogP contribution is -2.43. The summed E-state index contributed by atoms with van der Waals surface area (Å²) in [6, 6.07) is 12.6. The first kappa shape index (κ1) is 14.8. The smallest absolute Gasteiger partial charge is 0.138 e. The van der Waals surface area contributed by atoms with E-state index in [4.69, 9.17) is 5.73 Å². The number of benzene rings is 1. The molecule has 2 aromatic rings. The van der Waals surface area contributed by atoms with E-state index in [1.807, 2.05) is 18.2 Å². The van der Waals surface area contributed by atoms with Gasteiger partial charge in [-0.1, -0.05) is 18.2 Å². The number of piperidine rings is 1. The molecular formula is C17H23N5. The van der Waals surface area contributed by atoms with E-state index < -0.39 is 0 Å². The lowest BCUT2D eigenvalue weighted by atomic mass is 10.1. The predicted molar refractivity (Wildman–Crippen MR) is 90.6 cm³/mol. The van der Waals surface area contributed by atoms with Crippen molar-refractivity contribution in [1.29, 1.82) is 0 Å². The highest BCUT2D eigenvalue weighted by Gasteiger charge is 2.19. The molecule has 0 unspecified atom stereocenters. The lowest BCUT2D eigenvalue weighted by molar-refractivity contribution is 0.503. The quantitative estimate of drug-likeness (QED) is 0.940. The van der Waals surface area contributed by atoms with E-state index in [2.05, 4.69) is 44.9 Å². The summed E-state index contributed by atoms with van der Waals surface area (Å²) in [6.45, 7) is 4.88. The largest absolute Gasteiger partial charge is 0.355 e. The molecule has 0 bridgehead atoms. The molecule has 1 saturated heterocycles. The van der Waals surface area contributed by atoms with Gasteiger partial charge in [0.25, 0.3) is 0 Å². The highest BCUT2D eigenvalue weighted by atomic mass is 15.2. The first-order chi connectivity index (χ1) is 10.8. The highest BCUT2D eigenvalue weighted by molar-refractivity contribution is 5.62. The molecule has 0 saturated carbocycles. The van der Waals surface area contributed by atoms with Crippen molar-refractivity contribution in [2.75, 3.05) is 29.4 Å². The number of aromatic nitrogens is 2. The summed E-state index contributed by atoms with van der Waals surface area (Å²) in [4.78, 5) is 13.3. The van der Waals surface area contributed by atoms with Gasteiger partial charge in [-0.15, -0.1) is 0 Å². The summed E-state index contributed by atoms with van der Waals surface area (Å²) >= 11 is 0. The minimum Gasteiger partial charge on any atom is -0.355 e. The number of hydrogen-bond donors (Lipinski definition) is 1. The minimum absolute atomic E-state index is 0.239. The first-order valence-electron chi connectivity index (χ1n) is 7.93. The Morgan fingerprint density at radius 2 is 2.09 bits per heavy atom. The topological polar surface area (TPSA) is 58.3 Å². The molecule has 0 amide bonds. The Bertz CT molecular complexity index is 601. The second kappa shape index (κ2) is 6.75. The van der Waals surface area contributed by atoms with Crippen LogP contribution in [0.3, 0.4) is 0 Å². The Kier molecular flexibility index (Phi) is 4.53. The van der Waals surface area contributed by atoms with E-state index in [0.717, 1.165) is 49.8 Å². The number of rotatable bonds is 4. The van der Waals surface area contributed by atoms with Gasteiger partial charge in [0, 0.05) is 37.4 Å². The van der Waals surface area contributed by atoms with Crippen molar-refractivity contribution in [2.45, 2.75) is 25.8 Å². The van der Waals surface area contributed by atoms with Crippen LogP contribution in [0.4, 0.5) is 17.3 Å². The number of nitrogens with two attached hydrogens (primary N) is 1. The van der Waals surface area contributed by atoms with Crippen LogP contribution in [-0.2, 0) is 0 Å². The molecule has 3 rings (SSSR count). The fraction of sp³-hybridized carbons (Fsp3) is 0.412. The maximum Gasteiger partial charge on any atom is 0.138 e. The zero-order valence-corrected chi connectivity index (χ0v) is 13.0. The van der Waals surface area contributed by atoms with Crippen molar-refractivity contribution in [1.82, 2.24) is 9.97 Å². The fourth-order valence-electron chi connectivity index (χ4n) is 2.96. The zero-order chi connectivity index (χ0) is 15.4. The molecule has 116 valence electrons. The van der Waals surface area contributed by atoms with Gasteiger partial charge in [0.1, 0.15) is 18.0 Å². The Balaban J connectivity index is 1.86. The third-order valence-corrected chi connectivity index (χ3v) is 4.08. The summed E-state index contributed by atoms with van der Waals surface area (Å²) in [5, 5.41) is 0. The van der Waals surface area contributed by atoms with Gasteiger partial charge in [0.15, 0.2) is 0 Å². The number of anilines is 3. The van der Waals surface area contributed by atoms with Crippen LogP contribution in [0.5, 0.6) is 0 Å². The monoisotopic (exact) mass is 297 g/mol. The average molecular weight is 297 g/mol. The van der Waals surface area contributed by atoms with Gasteiger partial charge in [-0.05, 0) is 31.9 Å². The minimum atomic E-state index is 0.239. The van der Waals surface area contributed by atoms with Crippen LogP contribution in [0.25, 0.3) is 0 Å². The van der Waals surface area contributed by atoms with Gasteiger partial charge in [-0.25, -0.2) is 9.97 Å². The highest BCUT2D eigenvalue weighted by Crippen LogP contribution is 2.26. The second-order valence-electron chi connectivity index (χ2n) is 5.66. The van der Waals surface area contributed by atoms with Crippen molar-refractivity contribution in [2.24, 2.45) is 5.73 Å². The van der Waals surface area contributed by atoms with Crippen LogP contribution in [0.1, 0.15) is 19.8 Å². The van der Waals surface area contributed by atoms with Gasteiger partial charge >= 0.3 is 0 Å². The second-order valence-corrected chi connectivity index (χ2v) is 5.66. The van der Waals surface area contributed by atoms with Gasteiger partial charge in [-0.3, -0.25) is 0 Å². The Hall–Kier alpha value is -2.14. The molecule has 0 radical (unpaired) electrons.